The SMILES string of the molecule is CCCOc1ccc(C(C)CC(O)CO)cc1. The zero-order valence-corrected chi connectivity index (χ0v) is 10.6. The third-order valence-electron chi connectivity index (χ3n) is 2.76. The van der Waals surface area contributed by atoms with Gasteiger partial charge in [-0.1, -0.05) is 26.0 Å². The van der Waals surface area contributed by atoms with E-state index in [0.717, 1.165) is 24.3 Å². The quantitative estimate of drug-likeness (QED) is 0.766. The first kappa shape index (κ1) is 14.0. The zero-order chi connectivity index (χ0) is 12.7. The van der Waals surface area contributed by atoms with E-state index in [9.17, 15) is 5.11 Å². The van der Waals surface area contributed by atoms with E-state index in [1.165, 1.54) is 0 Å². The smallest absolute Gasteiger partial charge is 0.119 e. The lowest BCUT2D eigenvalue weighted by molar-refractivity contribution is 0.0835. The van der Waals surface area contributed by atoms with Gasteiger partial charge in [0.15, 0.2) is 0 Å². The first-order chi connectivity index (χ1) is 8.17. The lowest BCUT2D eigenvalue weighted by Crippen LogP contribution is -2.14. The summed E-state index contributed by atoms with van der Waals surface area (Å²) in [5.41, 5.74) is 1.15. The van der Waals surface area contributed by atoms with E-state index in [4.69, 9.17) is 9.84 Å². The van der Waals surface area contributed by atoms with Crippen molar-refractivity contribution in [3.05, 3.63) is 29.8 Å². The van der Waals surface area contributed by atoms with E-state index in [1.54, 1.807) is 0 Å². The molecule has 0 bridgehead atoms. The highest BCUT2D eigenvalue weighted by Crippen LogP contribution is 2.23. The zero-order valence-electron chi connectivity index (χ0n) is 10.6. The minimum Gasteiger partial charge on any atom is -0.494 e. The van der Waals surface area contributed by atoms with Gasteiger partial charge in [-0.05, 0) is 36.5 Å². The fraction of sp³-hybridized carbons (Fsp3) is 0.571. The maximum atomic E-state index is 9.39. The predicted molar refractivity (Wildman–Crippen MR) is 68.4 cm³/mol. The number of hydrogen-bond donors (Lipinski definition) is 2. The normalized spacial score (nSPS) is 14.4. The molecule has 0 spiro atoms. The van der Waals surface area contributed by atoms with Crippen LogP contribution in [0.4, 0.5) is 0 Å². The summed E-state index contributed by atoms with van der Waals surface area (Å²) in [6.07, 6.45) is 0.938. The van der Waals surface area contributed by atoms with Gasteiger partial charge in [-0.3, -0.25) is 0 Å². The van der Waals surface area contributed by atoms with Crippen molar-refractivity contribution in [1.29, 1.82) is 0 Å². The number of benzene rings is 1. The van der Waals surface area contributed by atoms with Crippen LogP contribution in [0.5, 0.6) is 5.75 Å². The second kappa shape index (κ2) is 7.30. The molecule has 0 heterocycles. The van der Waals surface area contributed by atoms with Crippen molar-refractivity contribution in [3.8, 4) is 5.75 Å². The first-order valence-electron chi connectivity index (χ1n) is 6.19. The molecule has 96 valence electrons. The van der Waals surface area contributed by atoms with Gasteiger partial charge in [-0.2, -0.15) is 0 Å². The van der Waals surface area contributed by atoms with E-state index in [1.807, 2.05) is 31.2 Å². The Labute approximate surface area is 103 Å². The number of aliphatic hydroxyl groups is 2. The third kappa shape index (κ3) is 4.75. The second-order valence-electron chi connectivity index (χ2n) is 4.39. The summed E-state index contributed by atoms with van der Waals surface area (Å²) in [5.74, 6) is 1.11. The highest BCUT2D eigenvalue weighted by Gasteiger charge is 2.11. The van der Waals surface area contributed by atoms with Crippen molar-refractivity contribution in [3.63, 3.8) is 0 Å². The Morgan fingerprint density at radius 3 is 2.41 bits per heavy atom. The molecule has 0 aliphatic rings. The van der Waals surface area contributed by atoms with Crippen LogP contribution in [0.3, 0.4) is 0 Å². The summed E-state index contributed by atoms with van der Waals surface area (Å²) in [6.45, 7) is 4.67. The van der Waals surface area contributed by atoms with Crippen LogP contribution in [0.1, 0.15) is 38.2 Å². The minimum absolute atomic E-state index is 0.179. The summed E-state index contributed by atoms with van der Waals surface area (Å²) in [5, 5.41) is 18.2. The van der Waals surface area contributed by atoms with E-state index >= 15 is 0 Å². The van der Waals surface area contributed by atoms with E-state index in [0.29, 0.717) is 6.42 Å². The predicted octanol–water partition coefficient (Wildman–Crippen LogP) is 2.32. The van der Waals surface area contributed by atoms with Crippen LogP contribution in [-0.2, 0) is 0 Å². The van der Waals surface area contributed by atoms with Gasteiger partial charge < -0.3 is 14.9 Å². The Bertz CT molecular complexity index is 308. The molecule has 3 nitrogen and oxygen atoms in total. The van der Waals surface area contributed by atoms with Gasteiger partial charge in [-0.15, -0.1) is 0 Å². The third-order valence-corrected chi connectivity index (χ3v) is 2.76. The minimum atomic E-state index is -0.638. The standard InChI is InChI=1S/C14H22O3/c1-3-8-17-14-6-4-12(5-7-14)11(2)9-13(16)10-15/h4-7,11,13,15-16H,3,8-10H2,1-2H3. The number of rotatable bonds is 7. The molecule has 1 rings (SSSR count). The van der Waals surface area contributed by atoms with Gasteiger partial charge >= 0.3 is 0 Å². The van der Waals surface area contributed by atoms with Crippen LogP contribution >= 0.6 is 0 Å². The summed E-state index contributed by atoms with van der Waals surface area (Å²) < 4.78 is 5.50. The summed E-state index contributed by atoms with van der Waals surface area (Å²) in [6, 6.07) is 7.93. The maximum Gasteiger partial charge on any atom is 0.119 e. The van der Waals surface area contributed by atoms with Crippen LogP contribution in [0.15, 0.2) is 24.3 Å². The van der Waals surface area contributed by atoms with Crippen molar-refractivity contribution >= 4 is 0 Å². The van der Waals surface area contributed by atoms with E-state index in [-0.39, 0.29) is 12.5 Å². The van der Waals surface area contributed by atoms with Crippen molar-refractivity contribution in [1.82, 2.24) is 0 Å². The molecule has 3 heteroatoms. The van der Waals surface area contributed by atoms with Crippen LogP contribution < -0.4 is 4.74 Å². The molecule has 0 aliphatic carbocycles. The molecule has 0 aromatic heterocycles. The van der Waals surface area contributed by atoms with E-state index < -0.39 is 6.10 Å². The molecule has 2 unspecified atom stereocenters. The van der Waals surface area contributed by atoms with Gasteiger partial charge in [0.25, 0.3) is 0 Å². The molecule has 0 fully saturated rings. The van der Waals surface area contributed by atoms with Gasteiger partial charge in [0.05, 0.1) is 19.3 Å². The second-order valence-corrected chi connectivity index (χ2v) is 4.39. The van der Waals surface area contributed by atoms with Crippen molar-refractivity contribution in [2.45, 2.75) is 38.7 Å². The maximum absolute atomic E-state index is 9.39. The van der Waals surface area contributed by atoms with Gasteiger partial charge in [0.2, 0.25) is 0 Å². The molecular weight excluding hydrogens is 216 g/mol. The molecule has 1 aromatic carbocycles. The Balaban J connectivity index is 2.54. The Morgan fingerprint density at radius 1 is 1.24 bits per heavy atom. The van der Waals surface area contributed by atoms with Gasteiger partial charge in [0.1, 0.15) is 5.75 Å². The van der Waals surface area contributed by atoms with Crippen LogP contribution in [0.25, 0.3) is 0 Å². The molecule has 0 aliphatic heterocycles. The highest BCUT2D eigenvalue weighted by atomic mass is 16.5. The lowest BCUT2D eigenvalue weighted by atomic mass is 9.95. The topological polar surface area (TPSA) is 49.7 Å². The number of hydrogen-bond acceptors (Lipinski definition) is 3. The average molecular weight is 238 g/mol. The fourth-order valence-electron chi connectivity index (χ4n) is 1.73. The Morgan fingerprint density at radius 2 is 1.88 bits per heavy atom. The fourth-order valence-corrected chi connectivity index (χ4v) is 1.73. The molecule has 17 heavy (non-hydrogen) atoms. The molecule has 2 N–H and O–H groups in total. The molecule has 0 saturated carbocycles. The van der Waals surface area contributed by atoms with Crippen LogP contribution in [-0.4, -0.2) is 29.5 Å². The Hall–Kier alpha value is -1.06. The Kier molecular flexibility index (Phi) is 6.01. The summed E-state index contributed by atoms with van der Waals surface area (Å²) in [7, 11) is 0. The van der Waals surface area contributed by atoms with Gasteiger partial charge in [-0.25, -0.2) is 0 Å². The highest BCUT2D eigenvalue weighted by molar-refractivity contribution is 5.29. The largest absolute Gasteiger partial charge is 0.494 e. The average Bonchev–Trinajstić information content (AvgIpc) is 2.36. The van der Waals surface area contributed by atoms with Crippen molar-refractivity contribution < 1.29 is 14.9 Å². The molecule has 1 aromatic rings. The monoisotopic (exact) mass is 238 g/mol. The summed E-state index contributed by atoms with van der Waals surface area (Å²) >= 11 is 0. The summed E-state index contributed by atoms with van der Waals surface area (Å²) in [4.78, 5) is 0. The molecule has 0 radical (unpaired) electrons. The van der Waals surface area contributed by atoms with Gasteiger partial charge in [0, 0.05) is 0 Å². The molecule has 2 atom stereocenters. The van der Waals surface area contributed by atoms with Crippen molar-refractivity contribution in [2.24, 2.45) is 0 Å². The van der Waals surface area contributed by atoms with Crippen LogP contribution in [0, 0.1) is 0 Å². The number of ether oxygens (including phenoxy) is 1. The molecular formula is C14H22O3. The van der Waals surface area contributed by atoms with E-state index in [2.05, 4.69) is 6.92 Å². The lowest BCUT2D eigenvalue weighted by Gasteiger charge is -2.15. The molecule has 0 amide bonds. The molecule has 0 saturated heterocycles. The van der Waals surface area contributed by atoms with Crippen LogP contribution in [0.2, 0.25) is 0 Å². The van der Waals surface area contributed by atoms with Crippen molar-refractivity contribution in [2.75, 3.05) is 13.2 Å². The first-order valence-corrected chi connectivity index (χ1v) is 6.19. The number of aliphatic hydroxyl groups excluding tert-OH is 2.